The average molecular weight is 282 g/mol. The maximum atomic E-state index is 4.64. The Kier molecular flexibility index (Phi) is 2.18. The second kappa shape index (κ2) is 4.08. The molecule has 0 amide bonds. The van der Waals surface area contributed by atoms with Crippen LogP contribution in [0.5, 0.6) is 0 Å². The number of hydrogen-bond donors (Lipinski definition) is 0. The van der Waals surface area contributed by atoms with Crippen molar-refractivity contribution in [1.82, 2.24) is 9.55 Å². The molecule has 5 aromatic rings. The van der Waals surface area contributed by atoms with Crippen LogP contribution in [-0.2, 0) is 7.05 Å². The smallest absolute Gasteiger partial charge is 0.0969 e. The van der Waals surface area contributed by atoms with Gasteiger partial charge in [0.25, 0.3) is 0 Å². The third-order valence-corrected chi connectivity index (χ3v) is 4.55. The Labute approximate surface area is 127 Å². The number of aromatic nitrogens is 2. The fourth-order valence-electron chi connectivity index (χ4n) is 3.53. The Morgan fingerprint density at radius 2 is 1.36 bits per heavy atom. The van der Waals surface area contributed by atoms with Gasteiger partial charge in [0.15, 0.2) is 0 Å². The first-order chi connectivity index (χ1) is 10.8. The van der Waals surface area contributed by atoms with E-state index < -0.39 is 0 Å². The SMILES string of the molecule is Cn1cnc2c3ccccc3c3cc4ccccc4cc3c21. The predicted octanol–water partition coefficient (Wildman–Crippen LogP) is 5.03. The van der Waals surface area contributed by atoms with Crippen molar-refractivity contribution >= 4 is 43.4 Å². The lowest BCUT2D eigenvalue weighted by Gasteiger charge is -2.09. The van der Waals surface area contributed by atoms with Crippen molar-refractivity contribution in [1.29, 1.82) is 0 Å². The van der Waals surface area contributed by atoms with Gasteiger partial charge in [-0.2, -0.15) is 0 Å². The molecule has 0 bridgehead atoms. The van der Waals surface area contributed by atoms with Gasteiger partial charge in [-0.1, -0.05) is 48.5 Å². The van der Waals surface area contributed by atoms with Gasteiger partial charge in [-0.25, -0.2) is 4.98 Å². The highest BCUT2D eigenvalue weighted by atomic mass is 15.0. The molecule has 0 spiro atoms. The number of fused-ring (bicyclic) bond motifs is 7. The van der Waals surface area contributed by atoms with Crippen molar-refractivity contribution in [3.05, 3.63) is 67.0 Å². The van der Waals surface area contributed by atoms with E-state index in [1.807, 2.05) is 6.33 Å². The number of nitrogens with zero attached hydrogens (tertiary/aromatic N) is 2. The largest absolute Gasteiger partial charge is 0.333 e. The van der Waals surface area contributed by atoms with Crippen LogP contribution in [0, 0.1) is 0 Å². The molecular weight excluding hydrogens is 268 g/mol. The van der Waals surface area contributed by atoms with E-state index in [4.69, 9.17) is 0 Å². The molecule has 2 heteroatoms. The summed E-state index contributed by atoms with van der Waals surface area (Å²) in [5.41, 5.74) is 2.29. The highest BCUT2D eigenvalue weighted by Gasteiger charge is 2.12. The van der Waals surface area contributed by atoms with Crippen LogP contribution < -0.4 is 0 Å². The van der Waals surface area contributed by atoms with Crippen molar-refractivity contribution in [2.24, 2.45) is 7.05 Å². The van der Waals surface area contributed by atoms with E-state index in [9.17, 15) is 0 Å². The van der Waals surface area contributed by atoms with Crippen LogP contribution >= 0.6 is 0 Å². The van der Waals surface area contributed by atoms with Crippen LogP contribution in [0.4, 0.5) is 0 Å². The van der Waals surface area contributed by atoms with Crippen molar-refractivity contribution in [2.45, 2.75) is 0 Å². The molecule has 0 saturated carbocycles. The second-order valence-electron chi connectivity index (χ2n) is 5.84. The minimum atomic E-state index is 1.08. The average Bonchev–Trinajstić information content (AvgIpc) is 2.96. The summed E-state index contributed by atoms with van der Waals surface area (Å²) in [6.07, 6.45) is 1.91. The maximum absolute atomic E-state index is 4.64. The van der Waals surface area contributed by atoms with E-state index in [2.05, 4.69) is 77.3 Å². The van der Waals surface area contributed by atoms with Crippen LogP contribution in [0.25, 0.3) is 43.4 Å². The molecule has 1 aromatic heterocycles. The summed E-state index contributed by atoms with van der Waals surface area (Å²) in [4.78, 5) is 4.64. The van der Waals surface area contributed by atoms with Gasteiger partial charge >= 0.3 is 0 Å². The van der Waals surface area contributed by atoms with E-state index >= 15 is 0 Å². The first-order valence-electron chi connectivity index (χ1n) is 7.47. The van der Waals surface area contributed by atoms with E-state index in [0.717, 1.165) is 5.52 Å². The molecule has 1 heterocycles. The van der Waals surface area contributed by atoms with E-state index in [0.29, 0.717) is 0 Å². The Hall–Kier alpha value is -2.87. The monoisotopic (exact) mass is 282 g/mol. The lowest BCUT2D eigenvalue weighted by atomic mass is 9.96. The fourth-order valence-corrected chi connectivity index (χ4v) is 3.53. The standard InChI is InChI=1S/C20H14N2/c1-22-12-21-19-16-9-5-4-8-15(16)17-10-13-6-2-3-7-14(13)11-18(17)20(19)22/h2-12H,1H3. The van der Waals surface area contributed by atoms with Gasteiger partial charge in [-0.3, -0.25) is 0 Å². The van der Waals surface area contributed by atoms with Crippen LogP contribution in [0.2, 0.25) is 0 Å². The van der Waals surface area contributed by atoms with Gasteiger partial charge in [0.1, 0.15) is 0 Å². The maximum Gasteiger partial charge on any atom is 0.0969 e. The topological polar surface area (TPSA) is 17.8 Å². The van der Waals surface area contributed by atoms with Crippen molar-refractivity contribution in [3.8, 4) is 0 Å². The van der Waals surface area contributed by atoms with Gasteiger partial charge in [-0.05, 0) is 33.7 Å². The number of imidazole rings is 1. The van der Waals surface area contributed by atoms with Crippen LogP contribution in [0.1, 0.15) is 0 Å². The van der Waals surface area contributed by atoms with Gasteiger partial charge in [0.2, 0.25) is 0 Å². The lowest BCUT2D eigenvalue weighted by molar-refractivity contribution is 0.951. The minimum absolute atomic E-state index is 1.08. The van der Waals surface area contributed by atoms with E-state index in [1.165, 1.54) is 37.8 Å². The third kappa shape index (κ3) is 1.41. The van der Waals surface area contributed by atoms with E-state index in [1.54, 1.807) is 0 Å². The number of hydrogen-bond acceptors (Lipinski definition) is 1. The molecule has 4 aromatic carbocycles. The molecule has 5 rings (SSSR count). The Bertz CT molecular complexity index is 1180. The molecule has 0 atom stereocenters. The lowest BCUT2D eigenvalue weighted by Crippen LogP contribution is -1.88. The first-order valence-corrected chi connectivity index (χ1v) is 7.47. The molecule has 0 N–H and O–H groups in total. The molecule has 0 unspecified atom stereocenters. The summed E-state index contributed by atoms with van der Waals surface area (Å²) in [6, 6.07) is 21.7. The van der Waals surface area contributed by atoms with Gasteiger partial charge in [-0.15, -0.1) is 0 Å². The van der Waals surface area contributed by atoms with Gasteiger partial charge in [0, 0.05) is 17.8 Å². The molecule has 0 aliphatic heterocycles. The Morgan fingerprint density at radius 3 is 2.14 bits per heavy atom. The molecule has 0 radical (unpaired) electrons. The van der Waals surface area contributed by atoms with Crippen molar-refractivity contribution in [3.63, 3.8) is 0 Å². The van der Waals surface area contributed by atoms with Crippen molar-refractivity contribution < 1.29 is 0 Å². The van der Waals surface area contributed by atoms with Gasteiger partial charge in [0.05, 0.1) is 17.4 Å². The first kappa shape index (κ1) is 11.8. The summed E-state index contributed by atoms with van der Waals surface area (Å²) in [6.45, 7) is 0. The zero-order chi connectivity index (χ0) is 14.7. The molecule has 0 aliphatic carbocycles. The Morgan fingerprint density at radius 1 is 0.727 bits per heavy atom. The zero-order valence-electron chi connectivity index (χ0n) is 12.2. The summed E-state index contributed by atoms with van der Waals surface area (Å²) >= 11 is 0. The molecule has 104 valence electrons. The highest BCUT2D eigenvalue weighted by Crippen LogP contribution is 2.36. The molecule has 0 fully saturated rings. The molecule has 22 heavy (non-hydrogen) atoms. The minimum Gasteiger partial charge on any atom is -0.333 e. The second-order valence-corrected chi connectivity index (χ2v) is 5.84. The van der Waals surface area contributed by atoms with Crippen LogP contribution in [0.3, 0.4) is 0 Å². The molecule has 0 aliphatic rings. The molecular formula is C20H14N2. The zero-order valence-corrected chi connectivity index (χ0v) is 12.2. The summed E-state index contributed by atoms with van der Waals surface area (Å²) < 4.78 is 2.12. The normalized spacial score (nSPS) is 11.9. The predicted molar refractivity (Wildman–Crippen MR) is 93.2 cm³/mol. The summed E-state index contributed by atoms with van der Waals surface area (Å²) in [7, 11) is 2.07. The third-order valence-electron chi connectivity index (χ3n) is 4.55. The fraction of sp³-hybridized carbons (Fsp3) is 0.0500. The molecule has 2 nitrogen and oxygen atoms in total. The van der Waals surface area contributed by atoms with Gasteiger partial charge < -0.3 is 4.57 Å². The highest BCUT2D eigenvalue weighted by molar-refractivity contribution is 6.25. The summed E-state index contributed by atoms with van der Waals surface area (Å²) in [5.74, 6) is 0. The van der Waals surface area contributed by atoms with Crippen molar-refractivity contribution in [2.75, 3.05) is 0 Å². The number of rotatable bonds is 0. The summed E-state index contributed by atoms with van der Waals surface area (Å²) in [5, 5.41) is 7.61. The number of aryl methyl sites for hydroxylation is 1. The quantitative estimate of drug-likeness (QED) is 0.287. The number of benzene rings is 4. The van der Waals surface area contributed by atoms with Crippen LogP contribution in [-0.4, -0.2) is 9.55 Å². The molecule has 0 saturated heterocycles. The van der Waals surface area contributed by atoms with E-state index in [-0.39, 0.29) is 0 Å². The Balaban J connectivity index is 2.19. The van der Waals surface area contributed by atoms with Crippen LogP contribution in [0.15, 0.2) is 67.0 Å².